The third-order valence-corrected chi connectivity index (χ3v) is 10.3. The zero-order valence-electron chi connectivity index (χ0n) is 19.5. The van der Waals surface area contributed by atoms with Gasteiger partial charge in [0.2, 0.25) is 0 Å². The molecule has 0 heterocycles. The molecule has 168 valence electrons. The van der Waals surface area contributed by atoms with Crippen LogP contribution in [0.2, 0.25) is 0 Å². The zero-order chi connectivity index (χ0) is 21.8. The van der Waals surface area contributed by atoms with Gasteiger partial charge in [-0.05, 0) is 78.9 Å². The maximum absolute atomic E-state index is 13.9. The van der Waals surface area contributed by atoms with E-state index in [1.54, 1.807) is 0 Å². The number of fused-ring (bicyclic) bond motifs is 5. The van der Waals surface area contributed by atoms with Crippen LogP contribution in [0.15, 0.2) is 0 Å². The number of esters is 1. The molecule has 4 nitrogen and oxygen atoms in total. The summed E-state index contributed by atoms with van der Waals surface area (Å²) in [7, 11) is 0. The summed E-state index contributed by atoms with van der Waals surface area (Å²) in [5.41, 5.74) is 0.290. The van der Waals surface area contributed by atoms with Gasteiger partial charge in [-0.3, -0.25) is 14.4 Å². The maximum atomic E-state index is 13.9. The van der Waals surface area contributed by atoms with Gasteiger partial charge in [0.1, 0.15) is 11.6 Å². The van der Waals surface area contributed by atoms with Gasteiger partial charge in [-0.15, -0.1) is 0 Å². The molecule has 0 N–H and O–H groups in total. The predicted octanol–water partition coefficient (Wildman–Crippen LogP) is 5.23. The van der Waals surface area contributed by atoms with Crippen LogP contribution in [0.25, 0.3) is 0 Å². The molecule has 4 fully saturated rings. The van der Waals surface area contributed by atoms with Gasteiger partial charge < -0.3 is 4.74 Å². The van der Waals surface area contributed by atoms with Gasteiger partial charge in [0, 0.05) is 31.6 Å². The average molecular weight is 417 g/mol. The Kier molecular flexibility index (Phi) is 5.68. The van der Waals surface area contributed by atoms with Gasteiger partial charge in [0.25, 0.3) is 0 Å². The van der Waals surface area contributed by atoms with Gasteiger partial charge in [-0.1, -0.05) is 27.7 Å². The number of ether oxygens (including phenoxy) is 1. The molecule has 4 unspecified atom stereocenters. The van der Waals surface area contributed by atoms with Crippen molar-refractivity contribution in [3.05, 3.63) is 0 Å². The number of ketones is 2. The Labute approximate surface area is 181 Å². The van der Waals surface area contributed by atoms with Crippen LogP contribution in [0.3, 0.4) is 0 Å². The molecule has 0 radical (unpaired) electrons. The van der Waals surface area contributed by atoms with Crippen molar-refractivity contribution in [1.29, 1.82) is 0 Å². The largest absolute Gasteiger partial charge is 0.466 e. The number of hydrogen-bond acceptors (Lipinski definition) is 4. The number of carbonyl (C=O) groups is 3. The van der Waals surface area contributed by atoms with Gasteiger partial charge >= 0.3 is 5.97 Å². The van der Waals surface area contributed by atoms with Crippen molar-refractivity contribution in [3.63, 3.8) is 0 Å². The van der Waals surface area contributed by atoms with Crippen molar-refractivity contribution >= 4 is 17.5 Å². The van der Waals surface area contributed by atoms with Crippen LogP contribution < -0.4 is 0 Å². The van der Waals surface area contributed by atoms with Gasteiger partial charge in [0.05, 0.1) is 6.61 Å². The molecule has 0 aromatic carbocycles. The minimum Gasteiger partial charge on any atom is -0.466 e. The topological polar surface area (TPSA) is 60.4 Å². The summed E-state index contributed by atoms with van der Waals surface area (Å²) < 4.78 is 5.36. The number of Topliss-reactive ketones (excluding diaryl/α,β-unsaturated/α-hetero) is 2. The Morgan fingerprint density at radius 1 is 1.07 bits per heavy atom. The van der Waals surface area contributed by atoms with Gasteiger partial charge in [-0.2, -0.15) is 0 Å². The number of rotatable bonds is 4. The van der Waals surface area contributed by atoms with Crippen LogP contribution in [0, 0.1) is 52.3 Å². The van der Waals surface area contributed by atoms with Crippen LogP contribution in [0.4, 0.5) is 0 Å². The van der Waals surface area contributed by atoms with E-state index in [0.29, 0.717) is 54.7 Å². The van der Waals surface area contributed by atoms with Crippen molar-refractivity contribution in [1.82, 2.24) is 0 Å². The molecule has 4 heteroatoms. The second kappa shape index (κ2) is 7.74. The molecule has 0 aromatic rings. The molecule has 0 aromatic heterocycles. The summed E-state index contributed by atoms with van der Waals surface area (Å²) in [6.07, 6.45) is 7.68. The second-order valence-electron chi connectivity index (χ2n) is 11.5. The highest BCUT2D eigenvalue weighted by Gasteiger charge is 2.65. The minimum atomic E-state index is -0.204. The molecule has 4 saturated carbocycles. The Hall–Kier alpha value is -1.19. The van der Waals surface area contributed by atoms with E-state index in [0.717, 1.165) is 38.5 Å². The number of hydrogen-bond donors (Lipinski definition) is 0. The van der Waals surface area contributed by atoms with Crippen LogP contribution in [-0.4, -0.2) is 24.1 Å². The standard InChI is InChI=1S/C26H40O4/c1-6-18-22-13-17(28)9-11-26(22,5)21-10-12-25(4)19(15(2)14-30-16(3)27)7-8-20(25)23(21)24(18)29/h15,18-23H,6-14H2,1-5H3/t15-,18+,19?,20?,21?,22+,23?,25-,26-/m1/s1. The summed E-state index contributed by atoms with van der Waals surface area (Å²) in [4.78, 5) is 37.5. The quantitative estimate of drug-likeness (QED) is 0.589. The minimum absolute atomic E-state index is 0.0559. The summed E-state index contributed by atoms with van der Waals surface area (Å²) in [5, 5.41) is 0. The summed E-state index contributed by atoms with van der Waals surface area (Å²) in [5.74, 6) is 2.82. The third-order valence-electron chi connectivity index (χ3n) is 10.3. The lowest BCUT2D eigenvalue weighted by Crippen LogP contribution is -2.60. The molecule has 4 aliphatic rings. The van der Waals surface area contributed by atoms with Crippen molar-refractivity contribution in [3.8, 4) is 0 Å². The SMILES string of the molecule is CC[C@@H]1C(=O)C2C3CCC([C@H](C)COC(C)=O)[C@@]3(C)CCC2[C@@]2(C)CCC(=O)C[C@@H]12. The van der Waals surface area contributed by atoms with Crippen LogP contribution >= 0.6 is 0 Å². The van der Waals surface area contributed by atoms with Gasteiger partial charge in [0.15, 0.2) is 0 Å². The van der Waals surface area contributed by atoms with Crippen molar-refractivity contribution < 1.29 is 19.1 Å². The second-order valence-corrected chi connectivity index (χ2v) is 11.5. The monoisotopic (exact) mass is 416 g/mol. The summed E-state index contributed by atoms with van der Waals surface area (Å²) in [6.45, 7) is 11.2. The first-order valence-corrected chi connectivity index (χ1v) is 12.3. The molecular formula is C26H40O4. The van der Waals surface area contributed by atoms with Crippen molar-refractivity contribution in [2.24, 2.45) is 52.3 Å². The van der Waals surface area contributed by atoms with Crippen LogP contribution in [0.5, 0.6) is 0 Å². The molecule has 9 atom stereocenters. The van der Waals surface area contributed by atoms with E-state index in [2.05, 4.69) is 27.7 Å². The van der Waals surface area contributed by atoms with E-state index in [1.165, 1.54) is 6.92 Å². The average Bonchev–Trinajstić information content (AvgIpc) is 3.05. The maximum Gasteiger partial charge on any atom is 0.302 e. The van der Waals surface area contributed by atoms with Crippen molar-refractivity contribution in [2.45, 2.75) is 86.0 Å². The highest BCUT2D eigenvalue weighted by Crippen LogP contribution is 2.68. The Bertz CT molecular complexity index is 729. The molecule has 0 amide bonds. The third kappa shape index (κ3) is 3.19. The fraction of sp³-hybridized carbons (Fsp3) is 0.885. The number of carbonyl (C=O) groups excluding carboxylic acids is 3. The molecule has 0 bridgehead atoms. The summed E-state index contributed by atoms with van der Waals surface area (Å²) in [6, 6.07) is 0. The normalized spacial score (nSPS) is 46.6. The highest BCUT2D eigenvalue weighted by molar-refractivity contribution is 5.88. The highest BCUT2D eigenvalue weighted by atomic mass is 16.5. The fourth-order valence-electron chi connectivity index (χ4n) is 8.78. The van der Waals surface area contributed by atoms with Crippen molar-refractivity contribution in [2.75, 3.05) is 6.61 Å². The molecule has 30 heavy (non-hydrogen) atoms. The lowest BCUT2D eigenvalue weighted by molar-refractivity contribution is -0.170. The lowest BCUT2D eigenvalue weighted by Gasteiger charge is -2.61. The fourth-order valence-corrected chi connectivity index (χ4v) is 8.78. The first-order chi connectivity index (χ1) is 14.1. The first kappa shape index (κ1) is 22.0. The summed E-state index contributed by atoms with van der Waals surface area (Å²) >= 11 is 0. The van der Waals surface area contributed by atoms with Crippen LogP contribution in [0.1, 0.15) is 86.0 Å². The van der Waals surface area contributed by atoms with E-state index in [4.69, 9.17) is 4.74 Å². The predicted molar refractivity (Wildman–Crippen MR) is 116 cm³/mol. The molecule has 4 aliphatic carbocycles. The van der Waals surface area contributed by atoms with E-state index in [-0.39, 0.29) is 34.6 Å². The Morgan fingerprint density at radius 3 is 2.43 bits per heavy atom. The van der Waals surface area contributed by atoms with Gasteiger partial charge in [-0.25, -0.2) is 0 Å². The molecular weight excluding hydrogens is 376 g/mol. The Morgan fingerprint density at radius 2 is 1.77 bits per heavy atom. The smallest absolute Gasteiger partial charge is 0.302 e. The first-order valence-electron chi connectivity index (χ1n) is 12.3. The lowest BCUT2D eigenvalue weighted by atomic mass is 9.42. The molecule has 0 spiro atoms. The Balaban J connectivity index is 1.63. The van der Waals surface area contributed by atoms with E-state index >= 15 is 0 Å². The van der Waals surface area contributed by atoms with E-state index < -0.39 is 0 Å². The zero-order valence-corrected chi connectivity index (χ0v) is 19.5. The van der Waals surface area contributed by atoms with E-state index in [1.807, 2.05) is 0 Å². The van der Waals surface area contributed by atoms with E-state index in [9.17, 15) is 14.4 Å². The van der Waals surface area contributed by atoms with Crippen LogP contribution in [-0.2, 0) is 19.1 Å². The molecule has 4 rings (SSSR count). The molecule has 0 saturated heterocycles. The molecule has 0 aliphatic heterocycles.